The molecule has 1 saturated carbocycles. The van der Waals surface area contributed by atoms with Crippen LogP contribution in [0.3, 0.4) is 0 Å². The average molecular weight is 702 g/mol. The number of ketones is 1. The molecule has 3 heterocycles. The van der Waals surface area contributed by atoms with Gasteiger partial charge in [0.2, 0.25) is 11.8 Å². The lowest BCUT2D eigenvalue weighted by atomic mass is 9.78. The highest BCUT2D eigenvalue weighted by Crippen LogP contribution is 2.37. The summed E-state index contributed by atoms with van der Waals surface area (Å²) in [7, 11) is 1.96. The number of benzene rings is 3. The van der Waals surface area contributed by atoms with E-state index in [9.17, 15) is 24.0 Å². The Morgan fingerprint density at radius 3 is 2.21 bits per heavy atom. The Morgan fingerprint density at radius 2 is 1.56 bits per heavy atom. The number of ether oxygens (including phenoxy) is 2. The molecule has 2 fully saturated rings. The van der Waals surface area contributed by atoms with Crippen LogP contribution in [-0.2, 0) is 21.6 Å². The lowest BCUT2D eigenvalue weighted by Gasteiger charge is -2.42. The molecule has 1 unspecified atom stereocenters. The number of carbonyl (C=O) groups excluding carboxylic acids is 5. The molecule has 2 aliphatic heterocycles. The smallest absolute Gasteiger partial charge is 0.262 e. The quantitative estimate of drug-likeness (QED) is 0.167. The summed E-state index contributed by atoms with van der Waals surface area (Å²) < 4.78 is 12.2. The second kappa shape index (κ2) is 13.7. The van der Waals surface area contributed by atoms with Gasteiger partial charge >= 0.3 is 0 Å². The Balaban J connectivity index is 0.919. The third-order valence-electron chi connectivity index (χ3n) is 10.3. The molecule has 12 nitrogen and oxygen atoms in total. The molecule has 4 aromatic rings. The van der Waals surface area contributed by atoms with Crippen LogP contribution in [0.15, 0.2) is 79.0 Å². The number of nitrogens with zero attached hydrogens (tertiary/aromatic N) is 4. The molecule has 12 heteroatoms. The van der Waals surface area contributed by atoms with E-state index in [1.54, 1.807) is 24.4 Å². The van der Waals surface area contributed by atoms with Crippen LogP contribution in [0.25, 0.3) is 0 Å². The van der Waals surface area contributed by atoms with Gasteiger partial charge in [-0.05, 0) is 66.1 Å². The predicted octanol–water partition coefficient (Wildman–Crippen LogP) is 5.03. The minimum absolute atomic E-state index is 0.0379. The van der Waals surface area contributed by atoms with Gasteiger partial charge in [-0.1, -0.05) is 38.1 Å². The summed E-state index contributed by atoms with van der Waals surface area (Å²) in [4.78, 5) is 73.2. The van der Waals surface area contributed by atoms with Gasteiger partial charge in [-0.25, -0.2) is 9.97 Å². The Bertz CT molecular complexity index is 2070. The van der Waals surface area contributed by atoms with Crippen LogP contribution in [0.2, 0.25) is 0 Å². The van der Waals surface area contributed by atoms with Crippen LogP contribution in [0.5, 0.6) is 11.5 Å². The second-order valence-corrected chi connectivity index (χ2v) is 14.0. The van der Waals surface area contributed by atoms with E-state index in [4.69, 9.17) is 9.47 Å². The fourth-order valence-corrected chi connectivity index (χ4v) is 6.92. The number of piperidine rings is 1. The number of fused-ring (bicyclic) bond motifs is 1. The minimum Gasteiger partial charge on any atom is -0.490 e. The molecule has 1 atom stereocenters. The summed E-state index contributed by atoms with van der Waals surface area (Å²) in [5.74, 6) is -0.576. The van der Waals surface area contributed by atoms with Crippen LogP contribution in [0, 0.1) is 0 Å². The molecule has 266 valence electrons. The largest absolute Gasteiger partial charge is 0.490 e. The Morgan fingerprint density at radius 1 is 0.904 bits per heavy atom. The highest BCUT2D eigenvalue weighted by Gasteiger charge is 2.45. The number of amides is 4. The van der Waals surface area contributed by atoms with Crippen molar-refractivity contribution in [1.82, 2.24) is 20.2 Å². The summed E-state index contributed by atoms with van der Waals surface area (Å²) >= 11 is 0. The van der Waals surface area contributed by atoms with Crippen molar-refractivity contribution in [2.75, 3.05) is 11.9 Å². The normalized spacial score (nSPS) is 19.8. The first-order chi connectivity index (χ1) is 24.9. The van der Waals surface area contributed by atoms with Crippen molar-refractivity contribution in [2.45, 2.75) is 76.7 Å². The van der Waals surface area contributed by atoms with E-state index in [2.05, 4.69) is 58.3 Å². The first-order valence-corrected chi connectivity index (χ1v) is 17.3. The highest BCUT2D eigenvalue weighted by molar-refractivity contribution is 6.23. The van der Waals surface area contributed by atoms with Gasteiger partial charge in [-0.3, -0.25) is 34.2 Å². The molecule has 1 aliphatic carbocycles. The summed E-state index contributed by atoms with van der Waals surface area (Å²) in [6.07, 6.45) is 3.38. The summed E-state index contributed by atoms with van der Waals surface area (Å²) in [6, 6.07) is 22.2. The van der Waals surface area contributed by atoms with E-state index in [-0.39, 0.29) is 59.7 Å². The van der Waals surface area contributed by atoms with E-state index in [1.165, 1.54) is 6.92 Å². The van der Waals surface area contributed by atoms with Gasteiger partial charge in [0.05, 0.1) is 16.8 Å². The lowest BCUT2D eigenvalue weighted by molar-refractivity contribution is -0.136. The molecule has 1 N–H and O–H groups in total. The number of anilines is 1. The zero-order valence-electron chi connectivity index (χ0n) is 29.4. The molecule has 0 spiro atoms. The first kappa shape index (κ1) is 34.5. The fraction of sp³-hybridized carbons (Fsp3) is 0.325. The van der Waals surface area contributed by atoms with E-state index < -0.39 is 29.7 Å². The van der Waals surface area contributed by atoms with Crippen LogP contribution in [0.1, 0.15) is 94.6 Å². The fourth-order valence-electron chi connectivity index (χ4n) is 6.92. The highest BCUT2D eigenvalue weighted by atomic mass is 16.5. The second-order valence-electron chi connectivity index (χ2n) is 14.0. The van der Waals surface area contributed by atoms with Gasteiger partial charge in [0.25, 0.3) is 11.8 Å². The Kier molecular flexibility index (Phi) is 9.08. The molecule has 52 heavy (non-hydrogen) atoms. The van der Waals surface area contributed by atoms with E-state index in [0.29, 0.717) is 11.4 Å². The maximum atomic E-state index is 13.3. The third-order valence-corrected chi connectivity index (χ3v) is 10.3. The zero-order chi connectivity index (χ0) is 36.7. The average Bonchev–Trinajstić information content (AvgIpc) is 3.37. The van der Waals surface area contributed by atoms with Crippen molar-refractivity contribution in [2.24, 2.45) is 0 Å². The number of aromatic nitrogens is 2. The molecule has 3 aliphatic rings. The monoisotopic (exact) mass is 701 g/mol. The van der Waals surface area contributed by atoms with E-state index >= 15 is 0 Å². The molecule has 1 saturated heterocycles. The van der Waals surface area contributed by atoms with Crippen LogP contribution >= 0.6 is 0 Å². The van der Waals surface area contributed by atoms with E-state index in [1.807, 2.05) is 37.4 Å². The van der Waals surface area contributed by atoms with Crippen LogP contribution in [0.4, 0.5) is 5.69 Å². The summed E-state index contributed by atoms with van der Waals surface area (Å²) in [6.45, 7) is 6.01. The van der Waals surface area contributed by atoms with E-state index in [0.717, 1.165) is 40.3 Å². The number of Topliss-reactive ketones (excluding diaryl/α,β-unsaturated/α-hetero) is 1. The number of rotatable bonds is 11. The van der Waals surface area contributed by atoms with Gasteiger partial charge in [-0.15, -0.1) is 0 Å². The maximum absolute atomic E-state index is 13.3. The Labute approximate surface area is 301 Å². The van der Waals surface area contributed by atoms with Gasteiger partial charge < -0.3 is 14.4 Å². The van der Waals surface area contributed by atoms with Crippen molar-refractivity contribution in [3.8, 4) is 11.5 Å². The number of carbonyl (C=O) groups is 5. The van der Waals surface area contributed by atoms with Crippen LogP contribution < -0.4 is 19.7 Å². The number of hydrogen-bond acceptors (Lipinski definition) is 10. The van der Waals surface area contributed by atoms with Crippen molar-refractivity contribution < 1.29 is 33.4 Å². The van der Waals surface area contributed by atoms with Crippen molar-refractivity contribution in [1.29, 1.82) is 0 Å². The third kappa shape index (κ3) is 6.63. The molecule has 3 aromatic carbocycles. The molecule has 4 amide bonds. The van der Waals surface area contributed by atoms with Gasteiger partial charge in [0, 0.05) is 56.6 Å². The first-order valence-electron chi connectivity index (χ1n) is 17.3. The molecular formula is C40H39N5O7. The van der Waals surface area contributed by atoms with Gasteiger partial charge in [0.1, 0.15) is 30.3 Å². The summed E-state index contributed by atoms with van der Waals surface area (Å²) in [5, 5.41) is 2.23. The molecular weight excluding hydrogens is 662 g/mol. The van der Waals surface area contributed by atoms with Crippen LogP contribution in [-0.4, -0.2) is 69.5 Å². The minimum atomic E-state index is -0.991. The lowest BCUT2D eigenvalue weighted by Crippen LogP contribution is -2.54. The Hall–Kier alpha value is -5.91. The predicted molar refractivity (Wildman–Crippen MR) is 190 cm³/mol. The topological polar surface area (TPSA) is 148 Å². The number of imide groups is 2. The standard InChI is InChI=1S/C40H39N5O7/c1-23(46)36-41-18-17-26(42-36)22-51-29-10-5-24(6-11-29)40(2,3)25-7-12-30(13-8-25)52-31-19-28(20-31)44(4)27-9-14-32-33(21-27)39(50)45(38(32)49)34-15-16-35(47)43-37(34)48/h5-14,17-18,21,28,31,34H,15-16,19-20,22H2,1-4H3,(H,43,47,48)/t28-,31-,34?. The maximum Gasteiger partial charge on any atom is 0.262 e. The van der Waals surface area contributed by atoms with Gasteiger partial charge in [-0.2, -0.15) is 0 Å². The van der Waals surface area contributed by atoms with Gasteiger partial charge in [0.15, 0.2) is 11.6 Å². The summed E-state index contributed by atoms with van der Waals surface area (Å²) in [5.41, 5.74) is 3.95. The molecule has 7 rings (SSSR count). The SMILES string of the molecule is CC(=O)c1nccc(COc2ccc(C(C)(C)c3ccc(O[C@H]4C[C@H](N(C)c5ccc6c(c5)C(=O)N(C5CCC(=O)NC5=O)C6=O)C4)cc3)cc2)n1. The molecule has 0 bridgehead atoms. The number of hydrogen-bond donors (Lipinski definition) is 1. The molecule has 1 aromatic heterocycles. The zero-order valence-corrected chi connectivity index (χ0v) is 29.4. The number of nitrogens with one attached hydrogen (secondary N) is 1. The molecule has 0 radical (unpaired) electrons. The van der Waals surface area contributed by atoms with Crippen molar-refractivity contribution in [3.05, 3.63) is 113 Å². The van der Waals surface area contributed by atoms with Crippen molar-refractivity contribution in [3.63, 3.8) is 0 Å². The van der Waals surface area contributed by atoms with Crippen molar-refractivity contribution >= 4 is 35.1 Å².